The summed E-state index contributed by atoms with van der Waals surface area (Å²) in [4.78, 5) is 14.4. The van der Waals surface area contributed by atoms with Gasteiger partial charge < -0.3 is 19.1 Å². The number of piperazine rings is 1. The summed E-state index contributed by atoms with van der Waals surface area (Å²) in [6, 6.07) is 10.4. The number of nitrogens with zero attached hydrogens (tertiary/aromatic N) is 5. The van der Waals surface area contributed by atoms with Crippen molar-refractivity contribution >= 4 is 62.8 Å². The summed E-state index contributed by atoms with van der Waals surface area (Å²) in [5.41, 5.74) is 6.03. The average molecular weight is 710 g/mol. The van der Waals surface area contributed by atoms with Crippen molar-refractivity contribution in [2.24, 2.45) is 0 Å². The van der Waals surface area contributed by atoms with Crippen LogP contribution in [0.25, 0.3) is 45.0 Å². The minimum atomic E-state index is -2.18. The van der Waals surface area contributed by atoms with Crippen LogP contribution < -0.4 is 23.8 Å². The molecule has 14 heteroatoms. The van der Waals surface area contributed by atoms with Gasteiger partial charge >= 0.3 is 0 Å². The fraction of sp³-hybridized carbons (Fsp3) is 0.294. The quantitative estimate of drug-likeness (QED) is 0.156. The summed E-state index contributed by atoms with van der Waals surface area (Å²) in [5.74, 6) is 1.52. The number of rotatable bonds is 10. The van der Waals surface area contributed by atoms with E-state index in [2.05, 4.69) is 19.5 Å². The Bertz CT molecular complexity index is 2050. The molecule has 3 aromatic heterocycles. The molecule has 2 fully saturated rings. The number of pyridine rings is 2. The number of aromatic nitrogens is 3. The van der Waals surface area contributed by atoms with E-state index < -0.39 is 11.3 Å². The van der Waals surface area contributed by atoms with E-state index in [1.807, 2.05) is 34.9 Å². The molecule has 0 amide bonds. The minimum Gasteiger partial charge on any atom is -0.496 e. The molecule has 1 atom stereocenters. The van der Waals surface area contributed by atoms with Crippen LogP contribution in [-0.4, -0.2) is 81.6 Å². The molecule has 2 N–H and O–H groups in total. The maximum atomic E-state index is 11.4. The van der Waals surface area contributed by atoms with Crippen LogP contribution in [0.15, 0.2) is 55.1 Å². The van der Waals surface area contributed by atoms with E-state index in [1.54, 1.807) is 31.6 Å². The third-order valence-corrected chi connectivity index (χ3v) is 10.1. The zero-order chi connectivity index (χ0) is 33.5. The molecule has 1 unspecified atom stereocenters. The lowest BCUT2D eigenvalue weighted by molar-refractivity contribution is 0.248. The lowest BCUT2D eigenvalue weighted by atomic mass is 10.0. The lowest BCUT2D eigenvalue weighted by Crippen LogP contribution is -2.47. The number of imidazole rings is 1. The van der Waals surface area contributed by atoms with Crippen LogP contribution in [0.1, 0.15) is 18.4 Å². The molecule has 1 aliphatic carbocycles. The van der Waals surface area contributed by atoms with Crippen LogP contribution in [0, 0.1) is 0 Å². The molecule has 4 heterocycles. The number of halogens is 2. The number of methoxy groups -OCH3 is 3. The van der Waals surface area contributed by atoms with Gasteiger partial charge in [-0.25, -0.2) is 9.19 Å². The first-order chi connectivity index (χ1) is 23.3. The van der Waals surface area contributed by atoms with Crippen molar-refractivity contribution in [2.75, 3.05) is 52.4 Å². The molecule has 11 nitrogen and oxygen atoms in total. The van der Waals surface area contributed by atoms with Gasteiger partial charge in [0, 0.05) is 102 Å². The van der Waals surface area contributed by atoms with Gasteiger partial charge in [0.15, 0.2) is 0 Å². The molecule has 48 heavy (non-hydrogen) atoms. The Labute approximate surface area is 290 Å². The molecule has 0 radical (unpaired) electrons. The van der Waals surface area contributed by atoms with Crippen LogP contribution in [-0.2, 0) is 11.3 Å². The van der Waals surface area contributed by atoms with Gasteiger partial charge in [0.1, 0.15) is 22.9 Å². The zero-order valence-corrected chi connectivity index (χ0v) is 28.9. The number of anilines is 1. The predicted molar refractivity (Wildman–Crippen MR) is 191 cm³/mol. The van der Waals surface area contributed by atoms with Crippen LogP contribution in [0.3, 0.4) is 0 Å². The van der Waals surface area contributed by atoms with Crippen LogP contribution >= 0.6 is 23.2 Å². The number of hydrogen-bond acceptors (Lipinski definition) is 8. The minimum absolute atomic E-state index is 0.344. The van der Waals surface area contributed by atoms with Gasteiger partial charge in [-0.15, -0.1) is 0 Å². The Morgan fingerprint density at radius 1 is 0.917 bits per heavy atom. The summed E-state index contributed by atoms with van der Waals surface area (Å²) in [7, 11) is 4.73. The van der Waals surface area contributed by atoms with Gasteiger partial charge in [0.25, 0.3) is 11.3 Å². The average Bonchev–Trinajstić information content (AvgIpc) is 3.83. The maximum Gasteiger partial charge on any atom is 0.258 e. The highest BCUT2D eigenvalue weighted by Crippen LogP contribution is 2.48. The van der Waals surface area contributed by atoms with Crippen molar-refractivity contribution in [1.29, 1.82) is 0 Å². The fourth-order valence-electron chi connectivity index (χ4n) is 6.46. The molecule has 1 aliphatic heterocycles. The van der Waals surface area contributed by atoms with E-state index in [-0.39, 0.29) is 0 Å². The van der Waals surface area contributed by atoms with E-state index in [0.29, 0.717) is 49.8 Å². The van der Waals surface area contributed by atoms with Gasteiger partial charge in [0.05, 0.1) is 42.6 Å². The molecule has 7 rings (SSSR count). The number of benzene rings is 2. The fourth-order valence-corrected chi connectivity index (χ4v) is 7.35. The Kier molecular flexibility index (Phi) is 9.10. The van der Waals surface area contributed by atoms with Gasteiger partial charge in [-0.2, -0.15) is 0 Å². The predicted octanol–water partition coefficient (Wildman–Crippen LogP) is 6.53. The SMILES string of the molecule is COc1cc(N2CCN(C3CC3)CC2)c(C=CNS(=O)O)cc1-c1cc2c(cn1)cc(-c1c(Cl)c(OC)cc(OC)c1Cl)c1nccn12. The lowest BCUT2D eigenvalue weighted by Gasteiger charge is -2.37. The van der Waals surface area contributed by atoms with E-state index in [0.717, 1.165) is 59.9 Å². The van der Waals surface area contributed by atoms with Gasteiger partial charge in [-0.3, -0.25) is 23.6 Å². The molecular weight excluding hydrogens is 675 g/mol. The zero-order valence-electron chi connectivity index (χ0n) is 26.6. The maximum absolute atomic E-state index is 11.4. The highest BCUT2D eigenvalue weighted by molar-refractivity contribution is 7.77. The largest absolute Gasteiger partial charge is 0.496 e. The highest BCUT2D eigenvalue weighted by Gasteiger charge is 2.32. The Morgan fingerprint density at radius 3 is 2.27 bits per heavy atom. The molecular formula is C34H34Cl2N6O5S. The topological polar surface area (TPSA) is 114 Å². The molecule has 1 saturated carbocycles. The molecule has 2 aromatic carbocycles. The van der Waals surface area contributed by atoms with Crippen LogP contribution in [0.2, 0.25) is 10.0 Å². The summed E-state index contributed by atoms with van der Waals surface area (Å²) in [6.45, 7) is 3.74. The first kappa shape index (κ1) is 32.5. The normalized spacial score (nSPS) is 16.2. The first-order valence-corrected chi connectivity index (χ1v) is 17.3. The number of nitrogens with one attached hydrogen (secondary N) is 1. The van der Waals surface area contributed by atoms with Gasteiger partial charge in [-0.1, -0.05) is 23.2 Å². The number of hydrogen-bond donors (Lipinski definition) is 2. The molecule has 250 valence electrons. The van der Waals surface area contributed by atoms with Crippen molar-refractivity contribution < 1.29 is 23.0 Å². The summed E-state index contributed by atoms with van der Waals surface area (Å²) in [5, 5.41) is 1.51. The van der Waals surface area contributed by atoms with Crippen molar-refractivity contribution in [2.45, 2.75) is 18.9 Å². The van der Waals surface area contributed by atoms with Crippen molar-refractivity contribution in [3.05, 3.63) is 70.7 Å². The Hall–Kier alpha value is -4.07. The monoisotopic (exact) mass is 708 g/mol. The Morgan fingerprint density at radius 2 is 1.62 bits per heavy atom. The molecule has 1 saturated heterocycles. The van der Waals surface area contributed by atoms with Crippen molar-refractivity contribution in [1.82, 2.24) is 24.0 Å². The third kappa shape index (κ3) is 6.03. The molecule has 2 aliphatic rings. The smallest absolute Gasteiger partial charge is 0.258 e. The molecule has 0 spiro atoms. The van der Waals surface area contributed by atoms with Gasteiger partial charge in [0.2, 0.25) is 0 Å². The van der Waals surface area contributed by atoms with E-state index >= 15 is 0 Å². The standard InChI is InChI=1S/C34H34Cl2N6O5S/c1-45-28-17-26(41-12-10-40(11-13-41)22-4-5-22)20(6-7-39-48(43)44)14-23(28)25-16-27-21(19-38-25)15-24(34-37-8-9-42(27)34)31-32(35)29(46-2)18-30(47-3)33(31)36/h6-9,14-19,22,39H,4-5,10-13H2,1-3H3,(H,43,44). The second-order valence-electron chi connectivity index (χ2n) is 11.7. The van der Waals surface area contributed by atoms with E-state index in [9.17, 15) is 8.76 Å². The summed E-state index contributed by atoms with van der Waals surface area (Å²) in [6.07, 6.45) is 11.2. The molecule has 5 aromatic rings. The third-order valence-electron chi connectivity index (χ3n) is 8.97. The second-order valence-corrected chi connectivity index (χ2v) is 13.1. The van der Waals surface area contributed by atoms with Crippen molar-refractivity contribution in [3.63, 3.8) is 0 Å². The molecule has 0 bridgehead atoms. The van der Waals surface area contributed by atoms with Crippen LogP contribution in [0.5, 0.6) is 17.2 Å². The summed E-state index contributed by atoms with van der Waals surface area (Å²) < 4.78 is 42.1. The van der Waals surface area contributed by atoms with Gasteiger partial charge in [-0.05, 0) is 37.1 Å². The van der Waals surface area contributed by atoms with E-state index in [4.69, 9.17) is 42.4 Å². The highest BCUT2D eigenvalue weighted by atomic mass is 35.5. The van der Waals surface area contributed by atoms with Crippen molar-refractivity contribution in [3.8, 4) is 39.6 Å². The number of fused-ring (bicyclic) bond motifs is 3. The Balaban J connectivity index is 1.34. The first-order valence-electron chi connectivity index (χ1n) is 15.4. The second kappa shape index (κ2) is 13.4. The van der Waals surface area contributed by atoms with Crippen LogP contribution in [0.4, 0.5) is 5.69 Å². The van der Waals surface area contributed by atoms with E-state index in [1.165, 1.54) is 33.3 Å². The summed E-state index contributed by atoms with van der Waals surface area (Å²) >= 11 is 11.5. The number of ether oxygens (including phenoxy) is 3.